The van der Waals surface area contributed by atoms with Crippen LogP contribution >= 0.6 is 0 Å². The molecule has 0 saturated carbocycles. The number of alkyl halides is 3. The summed E-state index contributed by atoms with van der Waals surface area (Å²) in [6.45, 7) is 0. The maximum absolute atomic E-state index is 12.2. The van der Waals surface area contributed by atoms with E-state index in [9.17, 15) is 13.2 Å². The summed E-state index contributed by atoms with van der Waals surface area (Å²) in [5.74, 6) is -0.0864. The summed E-state index contributed by atoms with van der Waals surface area (Å²) in [5, 5.41) is 0. The highest BCUT2D eigenvalue weighted by atomic mass is 28.2. The average Bonchev–Trinajstić information content (AvgIpc) is 2.03. The van der Waals surface area contributed by atoms with Crippen LogP contribution in [0.25, 0.3) is 0 Å². The zero-order chi connectivity index (χ0) is 9.19. The van der Waals surface area contributed by atoms with E-state index in [0.717, 1.165) is 6.07 Å². The Balaban J connectivity index is 3.14. The second-order valence-corrected chi connectivity index (χ2v) is 2.61. The molecule has 0 amide bonds. The number of benzene rings is 1. The van der Waals surface area contributed by atoms with E-state index in [2.05, 4.69) is 0 Å². The highest BCUT2D eigenvalue weighted by molar-refractivity contribution is 6.00. The minimum absolute atomic E-state index is 0.0864. The fourth-order valence-electron chi connectivity index (χ4n) is 0.879. The molecule has 0 spiro atoms. The van der Waals surface area contributed by atoms with Crippen molar-refractivity contribution in [3.63, 3.8) is 0 Å². The molecule has 1 aromatic carbocycles. The van der Waals surface area contributed by atoms with Crippen LogP contribution in [0.3, 0.4) is 0 Å². The van der Waals surface area contributed by atoms with E-state index in [1.165, 1.54) is 18.2 Å². The van der Waals surface area contributed by atoms with Gasteiger partial charge in [-0.2, -0.15) is 13.2 Å². The van der Waals surface area contributed by atoms with E-state index in [4.69, 9.17) is 4.43 Å². The van der Waals surface area contributed by atoms with Crippen molar-refractivity contribution < 1.29 is 17.6 Å². The minimum Gasteiger partial charge on any atom is -0.553 e. The lowest BCUT2D eigenvalue weighted by Gasteiger charge is -2.10. The standard InChI is InChI=1S/C7H7F3OSi/c8-7(9,10)5-3-1-2-4-6(5)11-12/h1-4H,12H3. The van der Waals surface area contributed by atoms with Gasteiger partial charge in [0, 0.05) is 0 Å². The van der Waals surface area contributed by atoms with Crippen molar-refractivity contribution in [2.45, 2.75) is 6.18 Å². The van der Waals surface area contributed by atoms with Crippen molar-refractivity contribution in [3.8, 4) is 5.75 Å². The van der Waals surface area contributed by atoms with Gasteiger partial charge in [0.15, 0.2) is 0 Å². The largest absolute Gasteiger partial charge is 0.553 e. The maximum Gasteiger partial charge on any atom is 0.419 e. The van der Waals surface area contributed by atoms with Gasteiger partial charge < -0.3 is 4.43 Å². The summed E-state index contributed by atoms with van der Waals surface area (Å²) < 4.78 is 41.2. The Kier molecular flexibility index (Phi) is 2.42. The molecule has 66 valence electrons. The molecule has 0 unspecified atom stereocenters. The highest BCUT2D eigenvalue weighted by Crippen LogP contribution is 2.35. The first kappa shape index (κ1) is 9.12. The zero-order valence-electron chi connectivity index (χ0n) is 6.35. The molecule has 12 heavy (non-hydrogen) atoms. The van der Waals surface area contributed by atoms with Gasteiger partial charge in [0.1, 0.15) is 5.75 Å². The van der Waals surface area contributed by atoms with Crippen molar-refractivity contribution in [1.82, 2.24) is 0 Å². The summed E-state index contributed by atoms with van der Waals surface area (Å²) in [5.41, 5.74) is -0.708. The van der Waals surface area contributed by atoms with Crippen LogP contribution in [0.2, 0.25) is 0 Å². The molecule has 1 nitrogen and oxygen atoms in total. The first-order valence-electron chi connectivity index (χ1n) is 3.26. The van der Waals surface area contributed by atoms with E-state index >= 15 is 0 Å². The molecule has 5 heteroatoms. The number of rotatable bonds is 1. The molecule has 1 rings (SSSR count). The lowest BCUT2D eigenvalue weighted by Crippen LogP contribution is -2.07. The van der Waals surface area contributed by atoms with Gasteiger partial charge >= 0.3 is 6.18 Å². The van der Waals surface area contributed by atoms with Crippen LogP contribution in [0, 0.1) is 0 Å². The van der Waals surface area contributed by atoms with E-state index in [1.807, 2.05) is 0 Å². The van der Waals surface area contributed by atoms with Crippen molar-refractivity contribution >= 4 is 10.5 Å². The Morgan fingerprint density at radius 2 is 1.75 bits per heavy atom. The fraction of sp³-hybridized carbons (Fsp3) is 0.143. The van der Waals surface area contributed by atoms with Crippen LogP contribution < -0.4 is 4.43 Å². The van der Waals surface area contributed by atoms with Crippen LogP contribution in [-0.4, -0.2) is 10.5 Å². The first-order valence-corrected chi connectivity index (χ1v) is 4.07. The van der Waals surface area contributed by atoms with Gasteiger partial charge in [0.25, 0.3) is 0 Å². The molecular weight excluding hydrogens is 185 g/mol. The Morgan fingerprint density at radius 1 is 1.17 bits per heavy atom. The van der Waals surface area contributed by atoms with Crippen molar-refractivity contribution in [1.29, 1.82) is 0 Å². The van der Waals surface area contributed by atoms with E-state index < -0.39 is 11.7 Å². The highest BCUT2D eigenvalue weighted by Gasteiger charge is 2.33. The Hall–Kier alpha value is -0.973. The molecule has 0 aliphatic heterocycles. The van der Waals surface area contributed by atoms with Gasteiger partial charge in [-0.3, -0.25) is 0 Å². The lowest BCUT2D eigenvalue weighted by atomic mass is 10.2. The topological polar surface area (TPSA) is 9.23 Å². The third kappa shape index (κ3) is 1.79. The fourth-order valence-corrected chi connectivity index (χ4v) is 1.23. The number of halogens is 3. The van der Waals surface area contributed by atoms with Gasteiger partial charge in [-0.1, -0.05) is 12.1 Å². The van der Waals surface area contributed by atoms with Crippen LogP contribution in [0.15, 0.2) is 24.3 Å². The molecule has 0 aliphatic carbocycles. The molecule has 0 atom stereocenters. The molecule has 0 saturated heterocycles. The molecule has 0 fully saturated rings. The van der Waals surface area contributed by atoms with Gasteiger partial charge in [-0.15, -0.1) is 0 Å². The average molecular weight is 192 g/mol. The Morgan fingerprint density at radius 3 is 2.17 bits per heavy atom. The third-order valence-corrected chi connectivity index (χ3v) is 1.85. The summed E-state index contributed by atoms with van der Waals surface area (Å²) in [4.78, 5) is 0. The van der Waals surface area contributed by atoms with Crippen molar-refractivity contribution in [3.05, 3.63) is 29.8 Å². The monoisotopic (exact) mass is 192 g/mol. The van der Waals surface area contributed by atoms with Crippen LogP contribution in [0.5, 0.6) is 5.75 Å². The predicted octanol–water partition coefficient (Wildman–Crippen LogP) is 1.36. The summed E-state index contributed by atoms with van der Waals surface area (Å²) in [6.07, 6.45) is -4.32. The molecule has 0 radical (unpaired) electrons. The third-order valence-electron chi connectivity index (χ3n) is 1.41. The number of para-hydroxylation sites is 1. The van der Waals surface area contributed by atoms with Crippen LogP contribution in [0.1, 0.15) is 5.56 Å². The maximum atomic E-state index is 12.2. The summed E-state index contributed by atoms with van der Waals surface area (Å²) in [6, 6.07) is 5.18. The summed E-state index contributed by atoms with van der Waals surface area (Å²) >= 11 is 0. The first-order chi connectivity index (χ1) is 5.55. The van der Waals surface area contributed by atoms with Crippen molar-refractivity contribution in [2.24, 2.45) is 0 Å². The van der Waals surface area contributed by atoms with E-state index in [1.54, 1.807) is 0 Å². The molecule has 0 N–H and O–H groups in total. The SMILES string of the molecule is FC(F)(F)c1ccccc1O[SiH3]. The van der Waals surface area contributed by atoms with Gasteiger partial charge in [0.2, 0.25) is 10.5 Å². The number of hydrogen-bond donors (Lipinski definition) is 0. The Bertz CT molecular complexity index is 272. The minimum atomic E-state index is -4.32. The normalized spacial score (nSPS) is 11.6. The molecule has 1 aromatic rings. The smallest absolute Gasteiger partial charge is 0.419 e. The Labute approximate surface area is 70.7 Å². The van der Waals surface area contributed by atoms with Gasteiger partial charge in [0.05, 0.1) is 5.56 Å². The van der Waals surface area contributed by atoms with E-state index in [0.29, 0.717) is 0 Å². The predicted molar refractivity (Wildman–Crippen MR) is 42.0 cm³/mol. The second kappa shape index (κ2) is 3.18. The zero-order valence-corrected chi connectivity index (χ0v) is 8.35. The van der Waals surface area contributed by atoms with E-state index in [-0.39, 0.29) is 16.2 Å². The van der Waals surface area contributed by atoms with Gasteiger partial charge in [-0.05, 0) is 12.1 Å². The second-order valence-electron chi connectivity index (χ2n) is 2.20. The number of hydrogen-bond acceptors (Lipinski definition) is 1. The van der Waals surface area contributed by atoms with Crippen LogP contribution in [0.4, 0.5) is 13.2 Å². The molecular formula is C7H7F3OSi. The van der Waals surface area contributed by atoms with Gasteiger partial charge in [-0.25, -0.2) is 0 Å². The van der Waals surface area contributed by atoms with Crippen molar-refractivity contribution in [2.75, 3.05) is 0 Å². The molecule has 0 aromatic heterocycles. The quantitative estimate of drug-likeness (QED) is 0.610. The molecule has 0 aliphatic rings. The molecule has 0 bridgehead atoms. The summed E-state index contributed by atoms with van der Waals surface area (Å²) in [7, 11) is 0.259. The molecule has 0 heterocycles. The van der Waals surface area contributed by atoms with Crippen LogP contribution in [-0.2, 0) is 6.18 Å². The lowest BCUT2D eigenvalue weighted by molar-refractivity contribution is -0.138.